The summed E-state index contributed by atoms with van der Waals surface area (Å²) < 4.78 is 0. The van der Waals surface area contributed by atoms with Crippen molar-refractivity contribution in [3.05, 3.63) is 47.5 Å². The fourth-order valence-corrected chi connectivity index (χ4v) is 1.92. The minimum Gasteiger partial charge on any atom is -0.267 e. The van der Waals surface area contributed by atoms with Gasteiger partial charge in [-0.2, -0.15) is 5.10 Å². The third-order valence-corrected chi connectivity index (χ3v) is 3.07. The number of nitrogens with zero attached hydrogens (tertiary/aromatic N) is 1. The van der Waals surface area contributed by atoms with Gasteiger partial charge in [-0.3, -0.25) is 4.79 Å². The summed E-state index contributed by atoms with van der Waals surface area (Å²) in [5.74, 6) is 0.297. The molecule has 0 heterocycles. The smallest absolute Gasteiger partial charge is 0.267 e. The second-order valence-corrected chi connectivity index (χ2v) is 4.63. The minimum absolute atomic E-state index is 0.155. The van der Waals surface area contributed by atoms with Crippen LogP contribution in [0, 0.1) is 12.8 Å². The van der Waals surface area contributed by atoms with Crippen LogP contribution >= 0.6 is 0 Å². The van der Waals surface area contributed by atoms with Gasteiger partial charge in [0.25, 0.3) is 5.91 Å². The minimum atomic E-state index is -0.155. The zero-order chi connectivity index (χ0) is 12.8. The predicted octanol–water partition coefficient (Wildman–Crippen LogP) is 3.07. The lowest BCUT2D eigenvalue weighted by Crippen LogP contribution is -2.18. The number of carbonyl (C=O) groups is 1. The van der Waals surface area contributed by atoms with E-state index in [0.29, 0.717) is 11.5 Å². The molecule has 18 heavy (non-hydrogen) atoms. The molecule has 0 aliphatic heterocycles. The highest BCUT2D eigenvalue weighted by Crippen LogP contribution is 2.15. The first-order valence-electron chi connectivity index (χ1n) is 6.31. The van der Waals surface area contributed by atoms with Gasteiger partial charge >= 0.3 is 0 Å². The molecule has 1 atom stereocenters. The van der Waals surface area contributed by atoms with Gasteiger partial charge in [-0.15, -0.1) is 0 Å². The van der Waals surface area contributed by atoms with Crippen LogP contribution in [0.15, 0.2) is 41.5 Å². The number of hydrogen-bond acceptors (Lipinski definition) is 2. The van der Waals surface area contributed by atoms with Crippen LogP contribution in [0.2, 0.25) is 0 Å². The van der Waals surface area contributed by atoms with E-state index in [2.05, 4.69) is 22.7 Å². The maximum Gasteiger partial charge on any atom is 0.271 e. The maximum atomic E-state index is 11.8. The lowest BCUT2D eigenvalue weighted by molar-refractivity contribution is 0.0955. The lowest BCUT2D eigenvalue weighted by atomic mass is 9.96. The van der Waals surface area contributed by atoms with Gasteiger partial charge in [0.05, 0.1) is 0 Å². The van der Waals surface area contributed by atoms with Gasteiger partial charge in [0.15, 0.2) is 0 Å². The van der Waals surface area contributed by atoms with Gasteiger partial charge in [0, 0.05) is 11.8 Å². The Kier molecular flexibility index (Phi) is 4.29. The Hall–Kier alpha value is -1.90. The van der Waals surface area contributed by atoms with E-state index in [4.69, 9.17) is 0 Å². The van der Waals surface area contributed by atoms with E-state index in [1.165, 1.54) is 0 Å². The molecule has 94 valence electrons. The number of nitrogens with one attached hydrogen (secondary N) is 1. The topological polar surface area (TPSA) is 41.5 Å². The molecule has 0 aromatic heterocycles. The number of amides is 1. The van der Waals surface area contributed by atoms with Crippen molar-refractivity contribution in [1.82, 2.24) is 5.43 Å². The van der Waals surface area contributed by atoms with E-state index in [0.717, 1.165) is 24.8 Å². The highest BCUT2D eigenvalue weighted by molar-refractivity contribution is 5.94. The Bertz CT molecular complexity index is 460. The third-order valence-electron chi connectivity index (χ3n) is 3.07. The van der Waals surface area contributed by atoms with Gasteiger partial charge in [0.1, 0.15) is 0 Å². The molecule has 0 fully saturated rings. The predicted molar refractivity (Wildman–Crippen MR) is 73.6 cm³/mol. The summed E-state index contributed by atoms with van der Waals surface area (Å²) in [5.41, 5.74) is 4.35. The van der Waals surface area contributed by atoms with Gasteiger partial charge in [-0.05, 0) is 44.2 Å². The molecule has 0 spiro atoms. The summed E-state index contributed by atoms with van der Waals surface area (Å²) in [6.07, 6.45) is 9.43. The monoisotopic (exact) mass is 242 g/mol. The summed E-state index contributed by atoms with van der Waals surface area (Å²) in [6, 6.07) is 7.46. The molecule has 0 saturated heterocycles. The van der Waals surface area contributed by atoms with E-state index in [9.17, 15) is 4.79 Å². The number of aryl methyl sites for hydroxylation is 1. The summed E-state index contributed by atoms with van der Waals surface area (Å²) in [4.78, 5) is 11.8. The number of carbonyl (C=O) groups excluding carboxylic acids is 1. The molecule has 0 radical (unpaired) electrons. The van der Waals surface area contributed by atoms with E-state index >= 15 is 0 Å². The number of rotatable bonds is 3. The van der Waals surface area contributed by atoms with Gasteiger partial charge in [-0.1, -0.05) is 29.8 Å². The Morgan fingerprint density at radius 2 is 2.11 bits per heavy atom. The molecule has 0 bridgehead atoms. The van der Waals surface area contributed by atoms with Crippen molar-refractivity contribution in [3.63, 3.8) is 0 Å². The standard InChI is InChI=1S/C15H18N2O/c1-12-7-9-14(10-8-12)15(18)17-16-11-13-5-3-2-4-6-13/h2-3,7-11,13H,4-6H2,1H3,(H,17,18)/b16-11-/t13-/m1/s1. The second kappa shape index (κ2) is 6.15. The van der Waals surface area contributed by atoms with Gasteiger partial charge < -0.3 is 0 Å². The molecule has 0 unspecified atom stereocenters. The molecule has 1 N–H and O–H groups in total. The van der Waals surface area contributed by atoms with Crippen LogP contribution in [-0.4, -0.2) is 12.1 Å². The summed E-state index contributed by atoms with van der Waals surface area (Å²) in [7, 11) is 0. The molecular weight excluding hydrogens is 224 g/mol. The van der Waals surface area contributed by atoms with Crippen LogP contribution in [0.4, 0.5) is 0 Å². The third kappa shape index (κ3) is 3.55. The molecule has 1 aromatic carbocycles. The molecule has 3 heteroatoms. The first-order chi connectivity index (χ1) is 8.75. The van der Waals surface area contributed by atoms with Crippen LogP contribution in [-0.2, 0) is 0 Å². The molecule has 1 aromatic rings. The summed E-state index contributed by atoms with van der Waals surface area (Å²) >= 11 is 0. The van der Waals surface area contributed by atoms with Crippen LogP contribution < -0.4 is 5.43 Å². The maximum absolute atomic E-state index is 11.8. The van der Waals surface area contributed by atoms with Crippen LogP contribution in [0.3, 0.4) is 0 Å². The van der Waals surface area contributed by atoms with Crippen molar-refractivity contribution in [2.24, 2.45) is 11.0 Å². The van der Waals surface area contributed by atoms with Crippen molar-refractivity contribution in [1.29, 1.82) is 0 Å². The van der Waals surface area contributed by atoms with E-state index in [-0.39, 0.29) is 5.91 Å². The molecule has 2 rings (SSSR count). The normalized spacial score (nSPS) is 19.1. The molecular formula is C15H18N2O. The fraction of sp³-hybridized carbons (Fsp3) is 0.333. The number of allylic oxidation sites excluding steroid dienone is 2. The highest BCUT2D eigenvalue weighted by atomic mass is 16.2. The number of hydrazone groups is 1. The zero-order valence-corrected chi connectivity index (χ0v) is 10.6. The Morgan fingerprint density at radius 3 is 2.78 bits per heavy atom. The molecule has 3 nitrogen and oxygen atoms in total. The molecule has 1 amide bonds. The largest absolute Gasteiger partial charge is 0.271 e. The molecule has 1 aliphatic carbocycles. The Labute approximate surface area is 108 Å². The second-order valence-electron chi connectivity index (χ2n) is 4.63. The lowest BCUT2D eigenvalue weighted by Gasteiger charge is -2.11. The van der Waals surface area contributed by atoms with Crippen LogP contribution in [0.1, 0.15) is 35.2 Å². The quantitative estimate of drug-likeness (QED) is 0.494. The SMILES string of the molecule is Cc1ccc(C(=O)N/N=C\[C@@H]2CC=CCC2)cc1. The van der Waals surface area contributed by atoms with Crippen molar-refractivity contribution in [2.75, 3.05) is 0 Å². The average Bonchev–Trinajstić information content (AvgIpc) is 2.40. The van der Waals surface area contributed by atoms with E-state index in [1.807, 2.05) is 37.4 Å². The van der Waals surface area contributed by atoms with Gasteiger partial charge in [-0.25, -0.2) is 5.43 Å². The average molecular weight is 242 g/mol. The summed E-state index contributed by atoms with van der Waals surface area (Å²) in [6.45, 7) is 2.00. The van der Waals surface area contributed by atoms with Crippen molar-refractivity contribution >= 4 is 12.1 Å². The fourth-order valence-electron chi connectivity index (χ4n) is 1.92. The Morgan fingerprint density at radius 1 is 1.33 bits per heavy atom. The number of benzene rings is 1. The van der Waals surface area contributed by atoms with Crippen molar-refractivity contribution < 1.29 is 4.79 Å². The van der Waals surface area contributed by atoms with Crippen LogP contribution in [0.25, 0.3) is 0 Å². The summed E-state index contributed by atoms with van der Waals surface area (Å²) in [5, 5.41) is 4.04. The van der Waals surface area contributed by atoms with Crippen molar-refractivity contribution in [3.8, 4) is 0 Å². The first kappa shape index (κ1) is 12.6. The highest BCUT2D eigenvalue weighted by Gasteiger charge is 2.07. The van der Waals surface area contributed by atoms with E-state index in [1.54, 1.807) is 0 Å². The zero-order valence-electron chi connectivity index (χ0n) is 10.6. The molecule has 1 aliphatic rings. The molecule has 0 saturated carbocycles. The van der Waals surface area contributed by atoms with Crippen LogP contribution in [0.5, 0.6) is 0 Å². The van der Waals surface area contributed by atoms with Gasteiger partial charge in [0.2, 0.25) is 0 Å². The number of hydrogen-bond donors (Lipinski definition) is 1. The van der Waals surface area contributed by atoms with E-state index < -0.39 is 0 Å². The van der Waals surface area contributed by atoms with Crippen molar-refractivity contribution in [2.45, 2.75) is 26.2 Å². The Balaban J connectivity index is 1.86. The first-order valence-corrected chi connectivity index (χ1v) is 6.31.